The van der Waals surface area contributed by atoms with Crippen molar-refractivity contribution in [1.29, 1.82) is 0 Å². The zero-order valence-corrected chi connectivity index (χ0v) is 19.7. The van der Waals surface area contributed by atoms with Gasteiger partial charge < -0.3 is 39.7 Å². The van der Waals surface area contributed by atoms with Crippen molar-refractivity contribution in [2.24, 2.45) is 0 Å². The van der Waals surface area contributed by atoms with Gasteiger partial charge in [-0.25, -0.2) is 14.6 Å². The number of alkyl carbamates (subject to hydrolysis) is 1. The maximum absolute atomic E-state index is 12.5. The van der Waals surface area contributed by atoms with E-state index in [2.05, 4.69) is 20.9 Å². The lowest BCUT2D eigenvalue weighted by molar-refractivity contribution is 0.0805. The molecule has 0 bridgehead atoms. The molecule has 0 radical (unpaired) electrons. The number of aromatic hydroxyl groups is 1. The molecule has 35 heavy (non-hydrogen) atoms. The van der Waals surface area contributed by atoms with Crippen LogP contribution < -0.4 is 20.7 Å². The smallest absolute Gasteiger partial charge is 0.407 e. The van der Waals surface area contributed by atoms with E-state index in [1.165, 1.54) is 25.6 Å². The Morgan fingerprint density at radius 3 is 2.54 bits per heavy atom. The molecule has 2 aromatic carbocycles. The van der Waals surface area contributed by atoms with Gasteiger partial charge >= 0.3 is 12.1 Å². The minimum atomic E-state index is -0.619. The third-order valence-electron chi connectivity index (χ3n) is 4.95. The summed E-state index contributed by atoms with van der Waals surface area (Å²) < 4.78 is 20.9. The molecule has 11 heteroatoms. The van der Waals surface area contributed by atoms with Crippen molar-refractivity contribution < 1.29 is 33.3 Å². The summed E-state index contributed by atoms with van der Waals surface area (Å²) in [6.07, 6.45) is 2.52. The van der Waals surface area contributed by atoms with Crippen LogP contribution in [0.5, 0.6) is 11.5 Å². The summed E-state index contributed by atoms with van der Waals surface area (Å²) in [4.78, 5) is 28.4. The van der Waals surface area contributed by atoms with Crippen molar-refractivity contribution in [2.75, 3.05) is 31.5 Å². The number of anilines is 2. The monoisotopic (exact) mass is 484 g/mol. The van der Waals surface area contributed by atoms with E-state index in [0.29, 0.717) is 47.0 Å². The second-order valence-electron chi connectivity index (χ2n) is 7.55. The molecule has 186 valence electrons. The number of methoxy groups -OCH3 is 2. The van der Waals surface area contributed by atoms with Gasteiger partial charge in [-0.15, -0.1) is 0 Å². The normalized spacial score (nSPS) is 11.4. The molecular formula is C24H28N4O7. The molecule has 3 amide bonds. The minimum absolute atomic E-state index is 0.0130. The summed E-state index contributed by atoms with van der Waals surface area (Å²) in [7, 11) is 3.09. The highest BCUT2D eigenvalue weighted by molar-refractivity contribution is 6.00. The van der Waals surface area contributed by atoms with Gasteiger partial charge in [0.1, 0.15) is 17.6 Å². The summed E-state index contributed by atoms with van der Waals surface area (Å²) in [5.74, 6) is 1.01. The average Bonchev–Trinajstić information content (AvgIpc) is 3.37. The average molecular weight is 485 g/mol. The van der Waals surface area contributed by atoms with Crippen molar-refractivity contribution in [3.8, 4) is 22.8 Å². The van der Waals surface area contributed by atoms with Crippen LogP contribution in [-0.4, -0.2) is 49.1 Å². The summed E-state index contributed by atoms with van der Waals surface area (Å²) in [5.41, 5.74) is 2.01. The number of amides is 3. The van der Waals surface area contributed by atoms with Gasteiger partial charge in [-0.3, -0.25) is 0 Å². The number of rotatable bonds is 10. The van der Waals surface area contributed by atoms with Crippen LogP contribution >= 0.6 is 0 Å². The number of carbonyl (C=O) groups is 2. The van der Waals surface area contributed by atoms with Gasteiger partial charge in [0.25, 0.3) is 0 Å². The summed E-state index contributed by atoms with van der Waals surface area (Å²) in [5, 5.41) is 18.1. The number of nitrogens with zero attached hydrogens (tertiary/aromatic N) is 1. The lowest BCUT2D eigenvalue weighted by Crippen LogP contribution is -2.28. The van der Waals surface area contributed by atoms with Crippen LogP contribution in [0, 0.1) is 0 Å². The number of aromatic nitrogens is 1. The molecule has 0 aliphatic heterocycles. The van der Waals surface area contributed by atoms with E-state index in [4.69, 9.17) is 18.6 Å². The molecule has 4 N–H and O–H groups in total. The largest absolute Gasteiger partial charge is 0.508 e. The SMILES string of the molecule is COCCC(C)OC(=O)NCc1cc(NC(=O)Nc2ccc(-c3cnco3)c(OC)c2)ccc1O. The lowest BCUT2D eigenvalue weighted by atomic mass is 10.1. The zero-order chi connectivity index (χ0) is 25.2. The first-order chi connectivity index (χ1) is 16.9. The first-order valence-electron chi connectivity index (χ1n) is 10.8. The van der Waals surface area contributed by atoms with Crippen molar-refractivity contribution in [2.45, 2.75) is 26.0 Å². The number of oxazole rings is 1. The maximum atomic E-state index is 12.5. The van der Waals surface area contributed by atoms with Crippen molar-refractivity contribution in [3.63, 3.8) is 0 Å². The molecule has 0 saturated heterocycles. The van der Waals surface area contributed by atoms with E-state index in [0.717, 1.165) is 0 Å². The molecule has 1 heterocycles. The van der Waals surface area contributed by atoms with E-state index in [1.807, 2.05) is 0 Å². The van der Waals surface area contributed by atoms with Crippen LogP contribution in [0.25, 0.3) is 11.3 Å². The fraction of sp³-hybridized carbons (Fsp3) is 0.292. The number of hydrogen-bond acceptors (Lipinski definition) is 8. The number of phenolic OH excluding ortho intramolecular Hbond substituents is 1. The van der Waals surface area contributed by atoms with Crippen LogP contribution in [0.1, 0.15) is 18.9 Å². The molecule has 0 aliphatic carbocycles. The Balaban J connectivity index is 1.58. The molecule has 1 aromatic heterocycles. The third kappa shape index (κ3) is 7.37. The highest BCUT2D eigenvalue weighted by Gasteiger charge is 2.13. The van der Waals surface area contributed by atoms with Gasteiger partial charge in [0, 0.05) is 49.7 Å². The topological polar surface area (TPSA) is 144 Å². The fourth-order valence-corrected chi connectivity index (χ4v) is 3.15. The molecule has 0 fully saturated rings. The highest BCUT2D eigenvalue weighted by Crippen LogP contribution is 2.32. The second kappa shape index (κ2) is 12.3. The zero-order valence-electron chi connectivity index (χ0n) is 19.7. The number of ether oxygens (including phenoxy) is 3. The third-order valence-corrected chi connectivity index (χ3v) is 4.95. The summed E-state index contributed by atoms with van der Waals surface area (Å²) in [6.45, 7) is 2.25. The quantitative estimate of drug-likeness (QED) is 0.311. The van der Waals surface area contributed by atoms with E-state index in [1.54, 1.807) is 44.5 Å². The van der Waals surface area contributed by atoms with Crippen LogP contribution in [-0.2, 0) is 16.0 Å². The van der Waals surface area contributed by atoms with Gasteiger partial charge in [0.2, 0.25) is 0 Å². The fourth-order valence-electron chi connectivity index (χ4n) is 3.15. The Morgan fingerprint density at radius 1 is 1.11 bits per heavy atom. The molecule has 11 nitrogen and oxygen atoms in total. The molecule has 3 aromatic rings. The van der Waals surface area contributed by atoms with Gasteiger partial charge in [0.15, 0.2) is 12.2 Å². The van der Waals surface area contributed by atoms with E-state index in [-0.39, 0.29) is 18.4 Å². The number of benzene rings is 2. The van der Waals surface area contributed by atoms with Gasteiger partial charge in [-0.1, -0.05) is 0 Å². The van der Waals surface area contributed by atoms with E-state index < -0.39 is 12.1 Å². The number of hydrogen-bond donors (Lipinski definition) is 4. The Bertz CT molecular complexity index is 1130. The molecule has 3 rings (SSSR count). The molecule has 1 unspecified atom stereocenters. The van der Waals surface area contributed by atoms with E-state index in [9.17, 15) is 14.7 Å². The van der Waals surface area contributed by atoms with Crippen LogP contribution in [0.4, 0.5) is 21.0 Å². The maximum Gasteiger partial charge on any atom is 0.407 e. The van der Waals surface area contributed by atoms with Gasteiger partial charge in [0.05, 0.1) is 18.9 Å². The molecular weight excluding hydrogens is 456 g/mol. The Labute approximate surface area is 202 Å². The lowest BCUT2D eigenvalue weighted by Gasteiger charge is -2.14. The van der Waals surface area contributed by atoms with Crippen molar-refractivity contribution in [1.82, 2.24) is 10.3 Å². The predicted octanol–water partition coefficient (Wildman–Crippen LogP) is 4.35. The number of phenols is 1. The van der Waals surface area contributed by atoms with Crippen LogP contribution in [0.3, 0.4) is 0 Å². The summed E-state index contributed by atoms with van der Waals surface area (Å²) >= 11 is 0. The molecule has 0 spiro atoms. The van der Waals surface area contributed by atoms with Crippen molar-refractivity contribution in [3.05, 3.63) is 54.6 Å². The van der Waals surface area contributed by atoms with Gasteiger partial charge in [-0.2, -0.15) is 0 Å². The number of nitrogens with one attached hydrogen (secondary N) is 3. The van der Waals surface area contributed by atoms with Crippen LogP contribution in [0.2, 0.25) is 0 Å². The molecule has 1 atom stereocenters. The molecule has 0 aliphatic rings. The molecule has 0 saturated carbocycles. The van der Waals surface area contributed by atoms with E-state index >= 15 is 0 Å². The Morgan fingerprint density at radius 2 is 1.86 bits per heavy atom. The Kier molecular flexibility index (Phi) is 8.90. The second-order valence-corrected chi connectivity index (χ2v) is 7.55. The first kappa shape index (κ1) is 25.4. The summed E-state index contributed by atoms with van der Waals surface area (Å²) in [6, 6.07) is 9.11. The predicted molar refractivity (Wildman–Crippen MR) is 129 cm³/mol. The van der Waals surface area contributed by atoms with Crippen LogP contribution in [0.15, 0.2) is 53.4 Å². The van der Waals surface area contributed by atoms with Gasteiger partial charge in [-0.05, 0) is 37.3 Å². The standard InChI is InChI=1S/C24H28N4O7/c1-15(8-9-32-2)35-24(31)26-12-16-10-17(5-7-20(16)29)27-23(30)28-18-4-6-19(21(11-18)33-3)22-13-25-14-34-22/h4-7,10-11,13-15,29H,8-9,12H2,1-3H3,(H,26,31)(H2,27,28,30). The number of carbonyl (C=O) groups excluding carboxylic acids is 2. The number of urea groups is 1. The highest BCUT2D eigenvalue weighted by atomic mass is 16.6. The Hall–Kier alpha value is -4.25. The van der Waals surface area contributed by atoms with Crippen molar-refractivity contribution >= 4 is 23.5 Å². The minimum Gasteiger partial charge on any atom is -0.508 e. The first-order valence-corrected chi connectivity index (χ1v) is 10.8.